The van der Waals surface area contributed by atoms with Crippen LogP contribution in [0.5, 0.6) is 0 Å². The van der Waals surface area contributed by atoms with Gasteiger partial charge < -0.3 is 5.11 Å². The summed E-state index contributed by atoms with van der Waals surface area (Å²) in [4.78, 5) is 5.76. The maximum atomic E-state index is 10.2. The highest BCUT2D eigenvalue weighted by Crippen LogP contribution is 2.38. The highest BCUT2D eigenvalue weighted by molar-refractivity contribution is 7.11. The molecule has 1 aromatic heterocycles. The third kappa shape index (κ3) is 2.23. The maximum absolute atomic E-state index is 10.2. The van der Waals surface area contributed by atoms with Crippen LogP contribution in [0.4, 0.5) is 0 Å². The van der Waals surface area contributed by atoms with E-state index in [9.17, 15) is 5.11 Å². The van der Waals surface area contributed by atoms with E-state index >= 15 is 0 Å². The second-order valence-electron chi connectivity index (χ2n) is 5.11. The lowest BCUT2D eigenvalue weighted by molar-refractivity contribution is 0.0422. The topological polar surface area (TPSA) is 33.1 Å². The predicted octanol–water partition coefficient (Wildman–Crippen LogP) is 2.89. The van der Waals surface area contributed by atoms with E-state index < -0.39 is 5.60 Å². The number of aliphatic hydroxyl groups is 1. The molecule has 0 saturated heterocycles. The first-order valence-corrected chi connectivity index (χ1v) is 6.52. The summed E-state index contributed by atoms with van der Waals surface area (Å²) in [5.74, 6) is 0.641. The van der Waals surface area contributed by atoms with Crippen LogP contribution in [0.2, 0.25) is 0 Å². The largest absolute Gasteiger partial charge is 0.385 e. The highest BCUT2D eigenvalue weighted by Gasteiger charge is 2.32. The minimum atomic E-state index is -0.625. The highest BCUT2D eigenvalue weighted by atomic mass is 32.1. The normalized spacial score (nSPS) is 25.7. The van der Waals surface area contributed by atoms with Crippen molar-refractivity contribution in [2.24, 2.45) is 5.92 Å². The van der Waals surface area contributed by atoms with Gasteiger partial charge in [0.15, 0.2) is 0 Å². The Balaban J connectivity index is 2.30. The summed E-state index contributed by atoms with van der Waals surface area (Å²) in [6, 6.07) is 0. The first-order chi connectivity index (χ1) is 6.99. The van der Waals surface area contributed by atoms with Crippen LogP contribution in [-0.2, 0) is 18.4 Å². The zero-order valence-electron chi connectivity index (χ0n) is 9.71. The van der Waals surface area contributed by atoms with Gasteiger partial charge in [-0.05, 0) is 32.1 Å². The molecular formula is C12H19NOS. The average molecular weight is 225 g/mol. The molecule has 1 heterocycles. The van der Waals surface area contributed by atoms with Crippen LogP contribution < -0.4 is 0 Å². The lowest BCUT2D eigenvalue weighted by atomic mass is 9.89. The van der Waals surface area contributed by atoms with Crippen LogP contribution in [0.25, 0.3) is 0 Å². The molecule has 1 aromatic rings. The molecule has 0 spiro atoms. The maximum Gasteiger partial charge on any atom is 0.0979 e. The van der Waals surface area contributed by atoms with E-state index in [1.165, 1.54) is 5.01 Å². The van der Waals surface area contributed by atoms with Crippen LogP contribution in [0.15, 0.2) is 0 Å². The number of aryl methyl sites for hydroxylation is 1. The van der Waals surface area contributed by atoms with Gasteiger partial charge in [-0.3, -0.25) is 0 Å². The van der Waals surface area contributed by atoms with Crippen molar-refractivity contribution >= 4 is 11.3 Å². The molecule has 84 valence electrons. The lowest BCUT2D eigenvalue weighted by Gasteiger charge is -2.26. The van der Waals surface area contributed by atoms with Gasteiger partial charge in [-0.25, -0.2) is 4.98 Å². The molecule has 1 aliphatic rings. The van der Waals surface area contributed by atoms with Gasteiger partial charge in [0, 0.05) is 6.42 Å². The molecule has 2 nitrogen and oxygen atoms in total. The number of thiazole rings is 1. The van der Waals surface area contributed by atoms with Crippen molar-refractivity contribution in [3.63, 3.8) is 0 Å². The Kier molecular flexibility index (Phi) is 2.86. The summed E-state index contributed by atoms with van der Waals surface area (Å²) in [5, 5.41) is 11.4. The smallest absolute Gasteiger partial charge is 0.0979 e. The van der Waals surface area contributed by atoms with Crippen molar-refractivity contribution in [2.75, 3.05) is 0 Å². The molecule has 0 radical (unpaired) electrons. The summed E-state index contributed by atoms with van der Waals surface area (Å²) in [5.41, 5.74) is 0.521. The molecule has 1 N–H and O–H groups in total. The van der Waals surface area contributed by atoms with Gasteiger partial charge in [-0.15, -0.1) is 11.3 Å². The monoisotopic (exact) mass is 225 g/mol. The molecule has 0 fully saturated rings. The Labute approximate surface area is 95.4 Å². The Hall–Kier alpha value is -0.410. The number of rotatable bonds is 2. The molecule has 1 aliphatic carbocycles. The van der Waals surface area contributed by atoms with Crippen LogP contribution >= 0.6 is 11.3 Å². The lowest BCUT2D eigenvalue weighted by Crippen LogP contribution is -2.25. The number of fused-ring (bicyclic) bond motifs is 1. The molecule has 0 aromatic carbocycles. The zero-order valence-corrected chi connectivity index (χ0v) is 10.5. The summed E-state index contributed by atoms with van der Waals surface area (Å²) >= 11 is 1.71. The zero-order chi connectivity index (χ0) is 11.1. The first kappa shape index (κ1) is 11.1. The number of hydrogen-bond acceptors (Lipinski definition) is 3. The van der Waals surface area contributed by atoms with E-state index in [2.05, 4.69) is 18.8 Å². The molecule has 15 heavy (non-hydrogen) atoms. The van der Waals surface area contributed by atoms with Crippen molar-refractivity contribution in [2.45, 2.75) is 52.1 Å². The third-order valence-electron chi connectivity index (χ3n) is 2.89. The molecule has 0 aliphatic heterocycles. The van der Waals surface area contributed by atoms with E-state index in [0.717, 1.165) is 36.3 Å². The van der Waals surface area contributed by atoms with Crippen molar-refractivity contribution < 1.29 is 5.11 Å². The Bertz CT molecular complexity index is 355. The molecule has 0 bridgehead atoms. The number of aromatic nitrogens is 1. The quantitative estimate of drug-likeness (QED) is 0.839. The van der Waals surface area contributed by atoms with E-state index in [-0.39, 0.29) is 0 Å². The molecule has 1 atom stereocenters. The fraction of sp³-hybridized carbons (Fsp3) is 0.750. The van der Waals surface area contributed by atoms with Gasteiger partial charge in [0.2, 0.25) is 0 Å². The van der Waals surface area contributed by atoms with E-state index in [0.29, 0.717) is 5.92 Å². The van der Waals surface area contributed by atoms with Crippen molar-refractivity contribution in [1.82, 2.24) is 4.98 Å². The number of hydrogen-bond donors (Lipinski definition) is 1. The van der Waals surface area contributed by atoms with Crippen molar-refractivity contribution in [3.05, 3.63) is 15.6 Å². The minimum Gasteiger partial charge on any atom is -0.385 e. The molecule has 1 unspecified atom stereocenters. The van der Waals surface area contributed by atoms with Crippen molar-refractivity contribution in [1.29, 1.82) is 0 Å². The van der Waals surface area contributed by atoms with Gasteiger partial charge in [0.1, 0.15) is 0 Å². The summed E-state index contributed by atoms with van der Waals surface area (Å²) in [7, 11) is 0. The summed E-state index contributed by atoms with van der Waals surface area (Å²) < 4.78 is 0. The second kappa shape index (κ2) is 3.87. The van der Waals surface area contributed by atoms with Gasteiger partial charge in [0.25, 0.3) is 0 Å². The van der Waals surface area contributed by atoms with Crippen molar-refractivity contribution in [3.8, 4) is 0 Å². The van der Waals surface area contributed by atoms with Crippen LogP contribution in [0.3, 0.4) is 0 Å². The van der Waals surface area contributed by atoms with Gasteiger partial charge >= 0.3 is 0 Å². The molecule has 0 saturated carbocycles. The fourth-order valence-corrected chi connectivity index (χ4v) is 3.54. The SMILES string of the molecule is CC(C)Cc1nc2c(s1)C(C)(O)CCC2. The van der Waals surface area contributed by atoms with E-state index in [1.54, 1.807) is 11.3 Å². The van der Waals surface area contributed by atoms with E-state index in [1.807, 2.05) is 6.92 Å². The summed E-state index contributed by atoms with van der Waals surface area (Å²) in [6.45, 7) is 6.33. The van der Waals surface area contributed by atoms with Gasteiger partial charge in [-0.1, -0.05) is 13.8 Å². The van der Waals surface area contributed by atoms with Gasteiger partial charge in [-0.2, -0.15) is 0 Å². The first-order valence-electron chi connectivity index (χ1n) is 5.70. The Morgan fingerprint density at radius 3 is 2.87 bits per heavy atom. The van der Waals surface area contributed by atoms with Crippen LogP contribution in [0, 0.1) is 5.92 Å². The Morgan fingerprint density at radius 2 is 2.27 bits per heavy atom. The Morgan fingerprint density at radius 1 is 1.53 bits per heavy atom. The molecule has 3 heteroatoms. The molecule has 0 amide bonds. The third-order valence-corrected chi connectivity index (χ3v) is 4.26. The standard InChI is InChI=1S/C12H19NOS/c1-8(2)7-10-13-9-5-4-6-12(3,14)11(9)15-10/h8,14H,4-7H2,1-3H3. The van der Waals surface area contributed by atoms with Crippen LogP contribution in [-0.4, -0.2) is 10.1 Å². The average Bonchev–Trinajstić information content (AvgIpc) is 2.46. The minimum absolute atomic E-state index is 0.625. The number of nitrogens with zero attached hydrogens (tertiary/aromatic N) is 1. The second-order valence-corrected chi connectivity index (χ2v) is 6.19. The van der Waals surface area contributed by atoms with E-state index in [4.69, 9.17) is 0 Å². The predicted molar refractivity (Wildman–Crippen MR) is 63.2 cm³/mol. The van der Waals surface area contributed by atoms with Gasteiger partial charge in [0.05, 0.1) is 21.2 Å². The van der Waals surface area contributed by atoms with Crippen LogP contribution in [0.1, 0.15) is 49.2 Å². The molecular weight excluding hydrogens is 206 g/mol. The summed E-state index contributed by atoms with van der Waals surface area (Å²) in [6.07, 6.45) is 4.02. The fourth-order valence-electron chi connectivity index (χ4n) is 2.14. The molecule has 2 rings (SSSR count).